The van der Waals surface area contributed by atoms with Crippen LogP contribution in [0.4, 0.5) is 0 Å². The van der Waals surface area contributed by atoms with Gasteiger partial charge in [-0.05, 0) is 47.5 Å². The van der Waals surface area contributed by atoms with Crippen molar-refractivity contribution in [3.63, 3.8) is 0 Å². The van der Waals surface area contributed by atoms with Gasteiger partial charge in [0.2, 0.25) is 6.71 Å². The van der Waals surface area contributed by atoms with E-state index in [9.17, 15) is 0 Å². The molecule has 0 aromatic heterocycles. The van der Waals surface area contributed by atoms with E-state index in [-0.39, 0.29) is 0 Å². The van der Waals surface area contributed by atoms with Crippen molar-refractivity contribution in [2.75, 3.05) is 0 Å². The average molecular weight is 332 g/mol. The molecule has 1 saturated carbocycles. The van der Waals surface area contributed by atoms with E-state index in [0.717, 1.165) is 5.92 Å². The van der Waals surface area contributed by atoms with Crippen LogP contribution in [0.5, 0.6) is 0 Å². The molecule has 0 unspecified atom stereocenters. The maximum Gasteiger partial charge on any atom is 0.210 e. The van der Waals surface area contributed by atoms with Crippen LogP contribution in [-0.2, 0) is 0 Å². The van der Waals surface area contributed by atoms with Crippen molar-refractivity contribution in [1.29, 1.82) is 0 Å². The molecule has 0 saturated heterocycles. The van der Waals surface area contributed by atoms with Crippen molar-refractivity contribution in [1.82, 2.24) is 0 Å². The highest BCUT2D eigenvalue weighted by Gasteiger charge is 2.30. The highest BCUT2D eigenvalue weighted by molar-refractivity contribution is 6.86. The lowest BCUT2D eigenvalue weighted by atomic mass is 9.34. The second-order valence-electron chi connectivity index (χ2n) is 8.56. The zero-order valence-electron chi connectivity index (χ0n) is 17.0. The standard InChI is InChI=1S/C24H33B/c1-16-11-18(3)23(19(4)12-16)25(15-22-9-7-8-10-22)24-20(5)13-17(2)14-21(24)6/h11-14,22H,7-10,15H2,1-6H3. The van der Waals surface area contributed by atoms with Gasteiger partial charge in [0.1, 0.15) is 0 Å². The Morgan fingerprint density at radius 1 is 0.680 bits per heavy atom. The van der Waals surface area contributed by atoms with Crippen LogP contribution in [-0.4, -0.2) is 6.71 Å². The predicted molar refractivity (Wildman–Crippen MR) is 113 cm³/mol. The molecule has 2 aromatic rings. The van der Waals surface area contributed by atoms with Gasteiger partial charge in [-0.15, -0.1) is 0 Å². The fourth-order valence-corrected chi connectivity index (χ4v) is 5.44. The van der Waals surface area contributed by atoms with Gasteiger partial charge in [0.05, 0.1) is 0 Å². The van der Waals surface area contributed by atoms with Crippen LogP contribution in [0, 0.1) is 47.5 Å². The van der Waals surface area contributed by atoms with Crippen molar-refractivity contribution < 1.29 is 0 Å². The number of hydrogen-bond acceptors (Lipinski definition) is 0. The monoisotopic (exact) mass is 332 g/mol. The Labute approximate surface area is 155 Å². The average Bonchev–Trinajstić information content (AvgIpc) is 2.97. The third-order valence-electron chi connectivity index (χ3n) is 6.22. The van der Waals surface area contributed by atoms with Gasteiger partial charge in [-0.1, -0.05) is 101 Å². The maximum atomic E-state index is 2.38. The second-order valence-corrected chi connectivity index (χ2v) is 8.56. The lowest BCUT2D eigenvalue weighted by Gasteiger charge is -2.26. The van der Waals surface area contributed by atoms with Gasteiger partial charge in [0.25, 0.3) is 0 Å². The Bertz CT molecular complexity index is 662. The van der Waals surface area contributed by atoms with E-state index in [0.29, 0.717) is 6.71 Å². The van der Waals surface area contributed by atoms with E-state index in [1.54, 1.807) is 10.9 Å². The summed E-state index contributed by atoms with van der Waals surface area (Å²) in [4.78, 5) is 0. The van der Waals surface area contributed by atoms with E-state index < -0.39 is 0 Å². The molecule has 25 heavy (non-hydrogen) atoms. The lowest BCUT2D eigenvalue weighted by molar-refractivity contribution is 0.607. The Kier molecular flexibility index (Phi) is 5.42. The molecule has 0 amide bonds. The predicted octanol–water partition coefficient (Wildman–Crippen LogP) is 5.34. The molecule has 2 aromatic carbocycles. The minimum atomic E-state index is 0.546. The largest absolute Gasteiger partial charge is 0.210 e. The fourth-order valence-electron chi connectivity index (χ4n) is 5.44. The van der Waals surface area contributed by atoms with Crippen LogP contribution in [0.3, 0.4) is 0 Å². The first kappa shape index (κ1) is 18.3. The Morgan fingerprint density at radius 2 is 1.04 bits per heavy atom. The first-order valence-electron chi connectivity index (χ1n) is 10.0. The van der Waals surface area contributed by atoms with Crippen LogP contribution in [0.2, 0.25) is 6.32 Å². The van der Waals surface area contributed by atoms with Crippen LogP contribution < -0.4 is 10.9 Å². The zero-order chi connectivity index (χ0) is 18.1. The van der Waals surface area contributed by atoms with Crippen molar-refractivity contribution in [3.05, 3.63) is 57.6 Å². The molecule has 132 valence electrons. The van der Waals surface area contributed by atoms with E-state index in [2.05, 4.69) is 65.8 Å². The molecule has 1 fully saturated rings. The first-order chi connectivity index (χ1) is 11.9. The summed E-state index contributed by atoms with van der Waals surface area (Å²) in [5.74, 6) is 0.894. The topological polar surface area (TPSA) is 0 Å². The summed E-state index contributed by atoms with van der Waals surface area (Å²) >= 11 is 0. The Hall–Kier alpha value is -1.50. The van der Waals surface area contributed by atoms with Crippen LogP contribution in [0.15, 0.2) is 24.3 Å². The smallest absolute Gasteiger partial charge is 0.0684 e. The third kappa shape index (κ3) is 3.86. The molecular formula is C24H33B. The minimum absolute atomic E-state index is 0.546. The summed E-state index contributed by atoms with van der Waals surface area (Å²) in [6.07, 6.45) is 7.01. The van der Waals surface area contributed by atoms with Gasteiger partial charge in [-0.3, -0.25) is 0 Å². The minimum Gasteiger partial charge on any atom is -0.0684 e. The number of hydrogen-bond donors (Lipinski definition) is 0. The molecule has 0 radical (unpaired) electrons. The van der Waals surface area contributed by atoms with Crippen LogP contribution >= 0.6 is 0 Å². The molecule has 0 heterocycles. The molecule has 1 aliphatic rings. The lowest BCUT2D eigenvalue weighted by Crippen LogP contribution is -2.48. The van der Waals surface area contributed by atoms with E-state index in [1.807, 2.05) is 0 Å². The second kappa shape index (κ2) is 7.40. The molecule has 0 aliphatic heterocycles. The van der Waals surface area contributed by atoms with Gasteiger partial charge in [-0.2, -0.15) is 0 Å². The van der Waals surface area contributed by atoms with E-state index in [1.165, 1.54) is 65.4 Å². The molecule has 1 heteroatoms. The molecule has 1 aliphatic carbocycles. The third-order valence-corrected chi connectivity index (χ3v) is 6.22. The van der Waals surface area contributed by atoms with E-state index >= 15 is 0 Å². The summed E-state index contributed by atoms with van der Waals surface area (Å²) < 4.78 is 0. The molecule has 0 N–H and O–H groups in total. The summed E-state index contributed by atoms with van der Waals surface area (Å²) in [5.41, 5.74) is 11.8. The van der Waals surface area contributed by atoms with Gasteiger partial charge < -0.3 is 0 Å². The van der Waals surface area contributed by atoms with Crippen molar-refractivity contribution in [2.45, 2.75) is 73.5 Å². The highest BCUT2D eigenvalue weighted by Crippen LogP contribution is 2.30. The summed E-state index contributed by atoms with van der Waals surface area (Å²) in [6, 6.07) is 9.51. The number of benzene rings is 2. The molecule has 0 spiro atoms. The van der Waals surface area contributed by atoms with Crippen LogP contribution in [0.25, 0.3) is 0 Å². The van der Waals surface area contributed by atoms with Gasteiger partial charge in [0.15, 0.2) is 0 Å². The summed E-state index contributed by atoms with van der Waals surface area (Å²) in [6.45, 7) is 14.2. The highest BCUT2D eigenvalue weighted by atomic mass is 14.2. The first-order valence-corrected chi connectivity index (χ1v) is 10.0. The van der Waals surface area contributed by atoms with Gasteiger partial charge in [0, 0.05) is 0 Å². The molecule has 0 atom stereocenters. The summed E-state index contributed by atoms with van der Waals surface area (Å²) in [5, 5.41) is 0. The molecule has 3 rings (SSSR count). The SMILES string of the molecule is Cc1cc(C)c(B(CC2CCCC2)c2c(C)cc(C)cc2C)c(C)c1. The van der Waals surface area contributed by atoms with Crippen molar-refractivity contribution in [2.24, 2.45) is 5.92 Å². The Morgan fingerprint density at radius 3 is 1.40 bits per heavy atom. The van der Waals surface area contributed by atoms with Crippen molar-refractivity contribution >= 4 is 17.6 Å². The van der Waals surface area contributed by atoms with Crippen LogP contribution in [0.1, 0.15) is 59.1 Å². The number of aryl methyl sites for hydroxylation is 6. The van der Waals surface area contributed by atoms with E-state index in [4.69, 9.17) is 0 Å². The van der Waals surface area contributed by atoms with Gasteiger partial charge in [-0.25, -0.2) is 0 Å². The fraction of sp³-hybridized carbons (Fsp3) is 0.500. The maximum absolute atomic E-state index is 2.38. The number of rotatable bonds is 4. The summed E-state index contributed by atoms with van der Waals surface area (Å²) in [7, 11) is 0. The van der Waals surface area contributed by atoms with Crippen molar-refractivity contribution in [3.8, 4) is 0 Å². The van der Waals surface area contributed by atoms with Gasteiger partial charge >= 0.3 is 0 Å². The quantitative estimate of drug-likeness (QED) is 0.663. The molecule has 0 bridgehead atoms. The molecule has 0 nitrogen and oxygen atoms in total. The molecular weight excluding hydrogens is 299 g/mol. The normalized spacial score (nSPS) is 15.0. The Balaban J connectivity index is 2.14. The zero-order valence-corrected chi connectivity index (χ0v) is 17.0.